The van der Waals surface area contributed by atoms with E-state index in [9.17, 15) is 13.2 Å². The van der Waals surface area contributed by atoms with Crippen LogP contribution in [0.4, 0.5) is 13.2 Å². The topological polar surface area (TPSA) is 38.7 Å². The molecule has 0 aromatic carbocycles. The summed E-state index contributed by atoms with van der Waals surface area (Å²) in [7, 11) is 0. The van der Waals surface area contributed by atoms with Crippen LogP contribution in [0, 0.1) is 23.7 Å². The molecule has 3 aromatic heterocycles. The summed E-state index contributed by atoms with van der Waals surface area (Å²) in [6, 6.07) is 0. The van der Waals surface area contributed by atoms with Gasteiger partial charge in [0.15, 0.2) is 0 Å². The highest BCUT2D eigenvalue weighted by Gasteiger charge is 2.35. The second-order valence-corrected chi connectivity index (χ2v) is 15.4. The van der Waals surface area contributed by atoms with Crippen LogP contribution in [0.2, 0.25) is 13.8 Å². The van der Waals surface area contributed by atoms with Crippen LogP contribution < -0.4 is 0 Å². The third kappa shape index (κ3) is 19.6. The van der Waals surface area contributed by atoms with Gasteiger partial charge in [-0.25, -0.2) is 9.97 Å². The molecule has 3 aromatic rings. The van der Waals surface area contributed by atoms with Gasteiger partial charge < -0.3 is 0 Å². The lowest BCUT2D eigenvalue weighted by atomic mass is 9.99. The minimum absolute atomic E-state index is 0.251. The zero-order valence-electron chi connectivity index (χ0n) is 24.8. The Morgan fingerprint density at radius 3 is 1.75 bits per heavy atom. The molecule has 3 nitrogen and oxygen atoms in total. The molecule has 3 rings (SSSR count). The van der Waals surface area contributed by atoms with Crippen molar-refractivity contribution < 1.29 is 13.2 Å². The highest BCUT2D eigenvalue weighted by molar-refractivity contribution is 7.15. The van der Waals surface area contributed by atoms with Gasteiger partial charge in [0.05, 0.1) is 22.1 Å². The summed E-state index contributed by atoms with van der Waals surface area (Å²) >= 11 is 21.7. The monoisotopic (exact) mass is 679 g/mol. The van der Waals surface area contributed by atoms with Gasteiger partial charge in [0.2, 0.25) is 0 Å². The van der Waals surface area contributed by atoms with Crippen molar-refractivity contribution in [3.63, 3.8) is 0 Å². The van der Waals surface area contributed by atoms with Gasteiger partial charge in [-0.05, 0) is 42.1 Å². The molecule has 0 bridgehead atoms. The lowest BCUT2D eigenvalue weighted by Crippen LogP contribution is -2.19. The van der Waals surface area contributed by atoms with E-state index in [1.54, 1.807) is 28.9 Å². The van der Waals surface area contributed by atoms with E-state index in [1.807, 2.05) is 25.4 Å². The van der Waals surface area contributed by atoms with Crippen molar-refractivity contribution >= 4 is 69.0 Å². The van der Waals surface area contributed by atoms with E-state index in [1.165, 1.54) is 24.0 Å². The standard InChI is InChI=1S/C8H15F3.2C7H10ClNS.C6H8ClNS/c1-6(2)4-5-7(3)8(9,10)11;1-5(2)3-7-9-4-6(8)10-7;1-5(2)3-6-4-9-10-7(6)8;1-4(2)6-8-5(7)3-9-6/h6-7H,4-5H2,1-3H3;2*4-5H,3H2,1-2H3;3-4H,1-2H3. The Balaban J connectivity index is 0.000000508. The molecular formula is C28H43Cl3F3N3S3. The first kappa shape index (κ1) is 39.5. The van der Waals surface area contributed by atoms with Gasteiger partial charge in [-0.15, -0.1) is 22.7 Å². The number of hydrogen-bond acceptors (Lipinski definition) is 6. The Morgan fingerprint density at radius 1 is 0.825 bits per heavy atom. The summed E-state index contributed by atoms with van der Waals surface area (Å²) in [4.78, 5) is 8.24. The van der Waals surface area contributed by atoms with Gasteiger partial charge >= 0.3 is 6.18 Å². The van der Waals surface area contributed by atoms with Crippen molar-refractivity contribution in [3.05, 3.63) is 47.2 Å². The molecule has 0 aliphatic heterocycles. The minimum atomic E-state index is -4.01. The fraction of sp³-hybridized carbons (Fsp3) is 0.679. The van der Waals surface area contributed by atoms with Crippen LogP contribution in [0.1, 0.15) is 96.7 Å². The van der Waals surface area contributed by atoms with Gasteiger partial charge in [0.1, 0.15) is 13.8 Å². The average Bonchev–Trinajstić information content (AvgIpc) is 3.54. The molecule has 230 valence electrons. The lowest BCUT2D eigenvalue weighted by molar-refractivity contribution is -0.171. The van der Waals surface area contributed by atoms with E-state index in [4.69, 9.17) is 34.8 Å². The first-order valence-corrected chi connectivity index (χ1v) is 16.9. The summed E-state index contributed by atoms with van der Waals surface area (Å²) in [6.45, 7) is 18.0. The number of thiazole rings is 2. The van der Waals surface area contributed by atoms with E-state index >= 15 is 0 Å². The van der Waals surface area contributed by atoms with E-state index in [0.29, 0.717) is 35.2 Å². The smallest absolute Gasteiger partial charge is 0.248 e. The summed E-state index contributed by atoms with van der Waals surface area (Å²) in [6.07, 6.45) is 2.54. The van der Waals surface area contributed by atoms with E-state index in [-0.39, 0.29) is 6.42 Å². The molecule has 0 N–H and O–H groups in total. The molecule has 3 heterocycles. The van der Waals surface area contributed by atoms with Crippen LogP contribution in [-0.4, -0.2) is 20.5 Å². The summed E-state index contributed by atoms with van der Waals surface area (Å²) < 4.78 is 41.3. The maximum atomic E-state index is 11.9. The van der Waals surface area contributed by atoms with E-state index in [0.717, 1.165) is 31.5 Å². The first-order chi connectivity index (χ1) is 18.4. The zero-order chi connectivity index (χ0) is 31.0. The Bertz CT molecular complexity index is 1050. The molecule has 1 atom stereocenters. The third-order valence-corrected chi connectivity index (χ3v) is 8.74. The van der Waals surface area contributed by atoms with Gasteiger partial charge in [-0.3, -0.25) is 0 Å². The minimum Gasteiger partial charge on any atom is -0.248 e. The summed E-state index contributed by atoms with van der Waals surface area (Å²) in [5, 5.41) is 4.72. The number of alkyl halides is 3. The fourth-order valence-electron chi connectivity index (χ4n) is 2.83. The fourth-order valence-corrected chi connectivity index (χ4v) is 5.74. The van der Waals surface area contributed by atoms with Crippen molar-refractivity contribution in [1.29, 1.82) is 0 Å². The molecule has 0 aliphatic rings. The zero-order valence-corrected chi connectivity index (χ0v) is 29.5. The Morgan fingerprint density at radius 2 is 1.43 bits per heavy atom. The molecule has 0 amide bonds. The lowest BCUT2D eigenvalue weighted by Gasteiger charge is -2.15. The van der Waals surface area contributed by atoms with Crippen LogP contribution in [0.15, 0.2) is 17.8 Å². The van der Waals surface area contributed by atoms with E-state index in [2.05, 4.69) is 55.9 Å². The van der Waals surface area contributed by atoms with Gasteiger partial charge in [-0.2, -0.15) is 17.5 Å². The van der Waals surface area contributed by atoms with Gasteiger partial charge in [-0.1, -0.05) is 104 Å². The van der Waals surface area contributed by atoms with Gasteiger partial charge in [0, 0.05) is 29.5 Å². The second-order valence-electron chi connectivity index (χ2n) is 11.0. The molecule has 0 spiro atoms. The Hall–Kier alpha value is -0.450. The Labute approximate surface area is 266 Å². The first-order valence-electron chi connectivity index (χ1n) is 13.3. The molecule has 0 saturated heterocycles. The predicted molar refractivity (Wildman–Crippen MR) is 172 cm³/mol. The van der Waals surface area contributed by atoms with Crippen molar-refractivity contribution in [1.82, 2.24) is 14.3 Å². The molecule has 0 fully saturated rings. The van der Waals surface area contributed by atoms with E-state index < -0.39 is 12.1 Å². The second kappa shape index (κ2) is 20.5. The van der Waals surface area contributed by atoms with Crippen molar-refractivity contribution in [3.8, 4) is 0 Å². The number of halogens is 6. The predicted octanol–water partition coefficient (Wildman–Crippen LogP) is 12.5. The van der Waals surface area contributed by atoms with Crippen LogP contribution >= 0.6 is 69.0 Å². The molecule has 1 unspecified atom stereocenters. The van der Waals surface area contributed by atoms with Crippen LogP contribution in [0.25, 0.3) is 0 Å². The molecular weight excluding hydrogens is 638 g/mol. The largest absolute Gasteiger partial charge is 0.391 e. The quantitative estimate of drug-likeness (QED) is 0.238. The summed E-state index contributed by atoms with van der Waals surface area (Å²) in [5.41, 5.74) is 1.18. The normalized spacial score (nSPS) is 12.1. The SMILES string of the molecule is CC(C)CCC(C)C(F)(F)F.CC(C)Cc1cnsc1Cl.CC(C)Cc1ncc(Cl)s1.CC(C)c1nc(Cl)cs1. The van der Waals surface area contributed by atoms with Crippen LogP contribution in [0.3, 0.4) is 0 Å². The summed E-state index contributed by atoms with van der Waals surface area (Å²) in [5.74, 6) is 1.04. The Kier molecular flexibility index (Phi) is 20.2. The van der Waals surface area contributed by atoms with Crippen molar-refractivity contribution in [2.45, 2.75) is 100 Å². The van der Waals surface area contributed by atoms with Gasteiger partial charge in [0.25, 0.3) is 0 Å². The third-order valence-electron chi connectivity index (χ3n) is 5.05. The molecule has 12 heteroatoms. The maximum absolute atomic E-state index is 11.9. The number of rotatable bonds is 8. The molecule has 40 heavy (non-hydrogen) atoms. The number of aromatic nitrogens is 3. The maximum Gasteiger partial charge on any atom is 0.391 e. The van der Waals surface area contributed by atoms with Crippen LogP contribution in [0.5, 0.6) is 0 Å². The molecule has 0 saturated carbocycles. The number of nitrogens with zero attached hydrogens (tertiary/aromatic N) is 3. The van der Waals surface area contributed by atoms with Crippen LogP contribution in [-0.2, 0) is 12.8 Å². The van der Waals surface area contributed by atoms with Crippen molar-refractivity contribution in [2.24, 2.45) is 23.7 Å². The highest BCUT2D eigenvalue weighted by atomic mass is 35.5. The molecule has 0 radical (unpaired) electrons. The van der Waals surface area contributed by atoms with Crippen molar-refractivity contribution in [2.75, 3.05) is 0 Å². The number of hydrogen-bond donors (Lipinski definition) is 0. The highest BCUT2D eigenvalue weighted by Crippen LogP contribution is 2.30. The molecule has 0 aliphatic carbocycles. The average molecular weight is 681 g/mol.